The summed E-state index contributed by atoms with van der Waals surface area (Å²) in [6.07, 6.45) is -0.230. The average molecular weight is 261 g/mol. The zero-order chi connectivity index (χ0) is 13.1. The van der Waals surface area contributed by atoms with E-state index in [1.54, 1.807) is 0 Å². The van der Waals surface area contributed by atoms with Crippen LogP contribution in [0.5, 0.6) is 5.75 Å². The van der Waals surface area contributed by atoms with Gasteiger partial charge in [0, 0.05) is 16.4 Å². The van der Waals surface area contributed by atoms with Crippen molar-refractivity contribution in [3.8, 4) is 5.75 Å². The van der Waals surface area contributed by atoms with E-state index in [4.69, 9.17) is 19.7 Å². The van der Waals surface area contributed by atoms with E-state index in [2.05, 4.69) is 10.0 Å². The molecule has 6 nitrogen and oxygen atoms in total. The highest BCUT2D eigenvalue weighted by Crippen LogP contribution is 2.36. The molecule has 1 aromatic rings. The number of benzene rings is 1. The van der Waals surface area contributed by atoms with Crippen LogP contribution in [0.25, 0.3) is 10.4 Å². The first kappa shape index (κ1) is 12.3. The molecule has 1 fully saturated rings. The topological polar surface area (TPSA) is 76.5 Å². The van der Waals surface area contributed by atoms with Gasteiger partial charge in [-0.2, -0.15) is 0 Å². The van der Waals surface area contributed by atoms with Crippen molar-refractivity contribution in [2.24, 2.45) is 11.0 Å². The Morgan fingerprint density at radius 2 is 2.16 bits per heavy atom. The van der Waals surface area contributed by atoms with Crippen LogP contribution in [0.1, 0.15) is 11.6 Å². The minimum absolute atomic E-state index is 0.230. The molecular weight excluding hydrogens is 246 g/mol. The molecule has 6 heteroatoms. The predicted molar refractivity (Wildman–Crippen MR) is 67.9 cm³/mol. The molecule has 0 aliphatic carbocycles. The first-order valence-corrected chi connectivity index (χ1v) is 6.34. The number of hydrogen-bond donors (Lipinski definition) is 0. The van der Waals surface area contributed by atoms with E-state index >= 15 is 0 Å². The Morgan fingerprint density at radius 1 is 1.32 bits per heavy atom. The van der Waals surface area contributed by atoms with Crippen molar-refractivity contribution < 1.29 is 14.2 Å². The fraction of sp³-hybridized carbons (Fsp3) is 0.538. The van der Waals surface area contributed by atoms with E-state index < -0.39 is 0 Å². The lowest BCUT2D eigenvalue weighted by atomic mass is 9.99. The van der Waals surface area contributed by atoms with Gasteiger partial charge in [0.15, 0.2) is 0 Å². The molecule has 100 valence electrons. The maximum Gasteiger partial charge on any atom is 0.123 e. The van der Waals surface area contributed by atoms with Crippen molar-refractivity contribution in [3.63, 3.8) is 0 Å². The largest absolute Gasteiger partial charge is 0.491 e. The van der Waals surface area contributed by atoms with Gasteiger partial charge < -0.3 is 14.2 Å². The van der Waals surface area contributed by atoms with Crippen LogP contribution in [0.15, 0.2) is 29.4 Å². The molecule has 2 aliphatic rings. The van der Waals surface area contributed by atoms with Crippen LogP contribution in [0.4, 0.5) is 0 Å². The van der Waals surface area contributed by atoms with E-state index in [1.165, 1.54) is 0 Å². The van der Waals surface area contributed by atoms with Crippen LogP contribution >= 0.6 is 0 Å². The van der Waals surface area contributed by atoms with Crippen molar-refractivity contribution in [2.75, 3.05) is 26.4 Å². The first-order chi connectivity index (χ1) is 9.38. The van der Waals surface area contributed by atoms with Gasteiger partial charge in [-0.15, -0.1) is 0 Å². The number of azide groups is 1. The Bertz CT molecular complexity index is 498. The van der Waals surface area contributed by atoms with Gasteiger partial charge in [0.1, 0.15) is 18.5 Å². The lowest BCUT2D eigenvalue weighted by Gasteiger charge is -2.33. The Morgan fingerprint density at radius 3 is 2.89 bits per heavy atom. The molecule has 2 atom stereocenters. The molecule has 3 rings (SSSR count). The summed E-state index contributed by atoms with van der Waals surface area (Å²) in [5.41, 5.74) is 9.63. The summed E-state index contributed by atoms with van der Waals surface area (Å²) in [6, 6.07) is 7.28. The first-order valence-electron chi connectivity index (χ1n) is 6.34. The minimum atomic E-state index is -0.323. The third-order valence-electron chi connectivity index (χ3n) is 3.42. The molecule has 0 N–H and O–H groups in total. The molecule has 1 aromatic carbocycles. The van der Waals surface area contributed by atoms with E-state index in [1.807, 2.05) is 24.3 Å². The van der Waals surface area contributed by atoms with Crippen LogP contribution in [0.2, 0.25) is 0 Å². The predicted octanol–water partition coefficient (Wildman–Crippen LogP) is 2.46. The van der Waals surface area contributed by atoms with E-state index in [-0.39, 0.29) is 12.1 Å². The van der Waals surface area contributed by atoms with Crippen molar-refractivity contribution in [1.82, 2.24) is 0 Å². The molecule has 0 unspecified atom stereocenters. The van der Waals surface area contributed by atoms with Gasteiger partial charge in [-0.05, 0) is 11.6 Å². The average Bonchev–Trinajstić information content (AvgIpc) is 2.39. The summed E-state index contributed by atoms with van der Waals surface area (Å²) in [4.78, 5) is 2.93. The van der Waals surface area contributed by atoms with E-state index in [0.717, 1.165) is 24.5 Å². The van der Waals surface area contributed by atoms with Crippen molar-refractivity contribution in [2.45, 2.75) is 12.1 Å². The van der Waals surface area contributed by atoms with Crippen molar-refractivity contribution >= 4 is 0 Å². The highest BCUT2D eigenvalue weighted by Gasteiger charge is 2.32. The third kappa shape index (κ3) is 2.51. The number of fused-ring (bicyclic) bond motifs is 1. The lowest BCUT2D eigenvalue weighted by molar-refractivity contribution is -0.0999. The molecule has 0 saturated carbocycles. The van der Waals surface area contributed by atoms with Gasteiger partial charge in [-0.1, -0.05) is 23.3 Å². The maximum absolute atomic E-state index is 8.74. The van der Waals surface area contributed by atoms with Crippen LogP contribution < -0.4 is 4.74 Å². The second-order valence-electron chi connectivity index (χ2n) is 4.77. The van der Waals surface area contributed by atoms with Gasteiger partial charge in [0.2, 0.25) is 0 Å². The van der Waals surface area contributed by atoms with Crippen LogP contribution in [0.3, 0.4) is 0 Å². The van der Waals surface area contributed by atoms with Gasteiger partial charge in [-0.25, -0.2) is 0 Å². The molecular formula is C13H15N3O3. The molecule has 2 heterocycles. The molecule has 0 radical (unpaired) electrons. The van der Waals surface area contributed by atoms with Crippen LogP contribution in [-0.4, -0.2) is 32.5 Å². The molecule has 2 aliphatic heterocycles. The smallest absolute Gasteiger partial charge is 0.123 e. The quantitative estimate of drug-likeness (QED) is 0.474. The van der Waals surface area contributed by atoms with Crippen molar-refractivity contribution in [1.29, 1.82) is 0 Å². The molecule has 1 saturated heterocycles. The SMILES string of the molecule is [N-]=[N+]=N[C@H]1c2ccccc2OC[C@@H]1OCC1COC1. The molecule has 0 aromatic heterocycles. The zero-order valence-corrected chi connectivity index (χ0v) is 10.4. The Kier molecular flexibility index (Phi) is 3.55. The number of ether oxygens (including phenoxy) is 3. The normalized spacial score (nSPS) is 25.7. The Labute approximate surface area is 110 Å². The molecule has 0 bridgehead atoms. The fourth-order valence-electron chi connectivity index (χ4n) is 2.29. The van der Waals surface area contributed by atoms with Gasteiger partial charge in [-0.3, -0.25) is 0 Å². The van der Waals surface area contributed by atoms with Gasteiger partial charge in [0.05, 0.1) is 25.9 Å². The number of nitrogens with zero attached hydrogens (tertiary/aromatic N) is 3. The highest BCUT2D eigenvalue weighted by atomic mass is 16.5. The highest BCUT2D eigenvalue weighted by molar-refractivity contribution is 5.38. The summed E-state index contributed by atoms with van der Waals surface area (Å²) in [5.74, 6) is 1.22. The van der Waals surface area contributed by atoms with E-state index in [9.17, 15) is 0 Å². The van der Waals surface area contributed by atoms with E-state index in [0.29, 0.717) is 19.1 Å². The second kappa shape index (κ2) is 5.48. The number of hydrogen-bond acceptors (Lipinski definition) is 4. The summed E-state index contributed by atoms with van der Waals surface area (Å²) in [7, 11) is 0. The molecule has 0 amide bonds. The van der Waals surface area contributed by atoms with Crippen LogP contribution in [-0.2, 0) is 9.47 Å². The number of rotatable bonds is 4. The number of para-hydroxylation sites is 1. The van der Waals surface area contributed by atoms with Crippen molar-refractivity contribution in [3.05, 3.63) is 40.3 Å². The summed E-state index contributed by atoms with van der Waals surface area (Å²) < 4.78 is 16.6. The second-order valence-corrected chi connectivity index (χ2v) is 4.77. The summed E-state index contributed by atoms with van der Waals surface area (Å²) >= 11 is 0. The Hall–Kier alpha value is -1.75. The molecule has 0 spiro atoms. The zero-order valence-electron chi connectivity index (χ0n) is 10.4. The minimum Gasteiger partial charge on any atom is -0.491 e. The standard InChI is InChI=1S/C13H15N3O3/c14-16-15-13-10-3-1-2-4-11(10)19-8-12(13)18-7-9-5-17-6-9/h1-4,9,12-13H,5-8H2/t12-,13-/m0/s1. The lowest BCUT2D eigenvalue weighted by Crippen LogP contribution is -2.38. The summed E-state index contributed by atoms with van der Waals surface area (Å²) in [6.45, 7) is 2.52. The van der Waals surface area contributed by atoms with Crippen LogP contribution in [0, 0.1) is 5.92 Å². The third-order valence-corrected chi connectivity index (χ3v) is 3.42. The monoisotopic (exact) mass is 261 g/mol. The van der Waals surface area contributed by atoms with Gasteiger partial charge in [0.25, 0.3) is 0 Å². The Balaban J connectivity index is 1.75. The fourth-order valence-corrected chi connectivity index (χ4v) is 2.29. The summed E-state index contributed by atoms with van der Waals surface area (Å²) in [5, 5.41) is 3.87. The maximum atomic E-state index is 8.74. The van der Waals surface area contributed by atoms with Gasteiger partial charge >= 0.3 is 0 Å². The molecule has 19 heavy (non-hydrogen) atoms.